The van der Waals surface area contributed by atoms with E-state index in [0.717, 1.165) is 5.92 Å². The van der Waals surface area contributed by atoms with E-state index in [2.05, 4.69) is 46.6 Å². The van der Waals surface area contributed by atoms with E-state index < -0.39 is 0 Å². The minimum atomic E-state index is 0.641. The summed E-state index contributed by atoms with van der Waals surface area (Å²) < 4.78 is 0. The standard InChI is InChI=1S/C11H17BrS/c1-3-4-9(2)11(12)7-10-5-6-13-8-10/h5-6,8-9,11H,3-4,7H2,1-2H3. The van der Waals surface area contributed by atoms with Crippen molar-refractivity contribution in [1.29, 1.82) is 0 Å². The summed E-state index contributed by atoms with van der Waals surface area (Å²) in [6, 6.07) is 2.22. The van der Waals surface area contributed by atoms with Crippen molar-refractivity contribution in [3.8, 4) is 0 Å². The fraction of sp³-hybridized carbons (Fsp3) is 0.636. The lowest BCUT2D eigenvalue weighted by Gasteiger charge is -2.16. The molecule has 74 valence electrons. The molecule has 0 aliphatic carbocycles. The molecule has 2 atom stereocenters. The van der Waals surface area contributed by atoms with E-state index in [1.165, 1.54) is 24.8 Å². The molecule has 13 heavy (non-hydrogen) atoms. The van der Waals surface area contributed by atoms with Gasteiger partial charge in [0, 0.05) is 4.83 Å². The first-order chi connectivity index (χ1) is 6.24. The predicted molar refractivity (Wildman–Crippen MR) is 64.8 cm³/mol. The van der Waals surface area contributed by atoms with Crippen LogP contribution in [0.3, 0.4) is 0 Å². The smallest absolute Gasteiger partial charge is 0.0212 e. The molecule has 1 heterocycles. The maximum Gasteiger partial charge on any atom is 0.0212 e. The third-order valence-electron chi connectivity index (χ3n) is 2.37. The van der Waals surface area contributed by atoms with Gasteiger partial charge in [-0.1, -0.05) is 36.2 Å². The summed E-state index contributed by atoms with van der Waals surface area (Å²) in [5, 5.41) is 4.40. The van der Waals surface area contributed by atoms with Crippen LogP contribution in [0.5, 0.6) is 0 Å². The molecule has 2 heteroatoms. The molecule has 1 aromatic heterocycles. The molecule has 0 aliphatic heterocycles. The highest BCUT2D eigenvalue weighted by atomic mass is 79.9. The van der Waals surface area contributed by atoms with E-state index in [1.54, 1.807) is 11.3 Å². The van der Waals surface area contributed by atoms with Gasteiger partial charge in [-0.15, -0.1) is 0 Å². The van der Waals surface area contributed by atoms with Crippen LogP contribution in [0.1, 0.15) is 32.3 Å². The van der Waals surface area contributed by atoms with Crippen molar-refractivity contribution in [1.82, 2.24) is 0 Å². The summed E-state index contributed by atoms with van der Waals surface area (Å²) >= 11 is 5.56. The summed E-state index contributed by atoms with van der Waals surface area (Å²) in [7, 11) is 0. The van der Waals surface area contributed by atoms with Crippen molar-refractivity contribution in [2.75, 3.05) is 0 Å². The summed E-state index contributed by atoms with van der Waals surface area (Å²) in [5.74, 6) is 0.782. The summed E-state index contributed by atoms with van der Waals surface area (Å²) in [5.41, 5.74) is 1.47. The highest BCUT2D eigenvalue weighted by molar-refractivity contribution is 9.09. The Morgan fingerprint density at radius 3 is 2.85 bits per heavy atom. The van der Waals surface area contributed by atoms with Crippen molar-refractivity contribution in [3.63, 3.8) is 0 Å². The zero-order valence-electron chi connectivity index (χ0n) is 8.29. The van der Waals surface area contributed by atoms with Gasteiger partial charge in [-0.25, -0.2) is 0 Å². The van der Waals surface area contributed by atoms with Crippen LogP contribution in [0.25, 0.3) is 0 Å². The molecule has 1 aromatic rings. The van der Waals surface area contributed by atoms with Crippen LogP contribution in [0.15, 0.2) is 16.8 Å². The molecule has 1 rings (SSSR count). The quantitative estimate of drug-likeness (QED) is 0.685. The molecule has 0 fully saturated rings. The lowest BCUT2D eigenvalue weighted by Crippen LogP contribution is -2.13. The van der Waals surface area contributed by atoms with E-state index in [0.29, 0.717) is 4.83 Å². The molecule has 0 N–H and O–H groups in total. The second kappa shape index (κ2) is 5.82. The summed E-state index contributed by atoms with van der Waals surface area (Å²) in [6.45, 7) is 4.58. The molecule has 0 aliphatic rings. The minimum absolute atomic E-state index is 0.641. The van der Waals surface area contributed by atoms with Gasteiger partial charge < -0.3 is 0 Å². The average molecular weight is 261 g/mol. The molecule has 0 bridgehead atoms. The van der Waals surface area contributed by atoms with E-state index >= 15 is 0 Å². The first-order valence-corrected chi connectivity index (χ1v) is 6.75. The van der Waals surface area contributed by atoms with E-state index in [4.69, 9.17) is 0 Å². The first kappa shape index (κ1) is 11.3. The molecule has 0 radical (unpaired) electrons. The Morgan fingerprint density at radius 1 is 1.54 bits per heavy atom. The van der Waals surface area contributed by atoms with Crippen molar-refractivity contribution < 1.29 is 0 Å². The largest absolute Gasteiger partial charge is 0.152 e. The predicted octanol–water partition coefficient (Wildman–Crippen LogP) is 4.49. The summed E-state index contributed by atoms with van der Waals surface area (Å²) in [6.07, 6.45) is 3.78. The number of hydrogen-bond acceptors (Lipinski definition) is 1. The van der Waals surface area contributed by atoms with Crippen molar-refractivity contribution in [3.05, 3.63) is 22.4 Å². The SMILES string of the molecule is CCCC(C)C(Br)Cc1ccsc1. The van der Waals surface area contributed by atoms with Gasteiger partial charge in [-0.05, 0) is 41.1 Å². The number of halogens is 1. The average Bonchev–Trinajstić information content (AvgIpc) is 2.57. The van der Waals surface area contributed by atoms with Crippen LogP contribution in [0.2, 0.25) is 0 Å². The Bertz CT molecular complexity index is 218. The van der Waals surface area contributed by atoms with Crippen molar-refractivity contribution >= 4 is 27.3 Å². The Kier molecular flexibility index (Phi) is 5.04. The first-order valence-electron chi connectivity index (χ1n) is 4.89. The van der Waals surface area contributed by atoms with E-state index in [1.807, 2.05) is 0 Å². The fourth-order valence-corrected chi connectivity index (χ4v) is 2.79. The topological polar surface area (TPSA) is 0 Å². The fourth-order valence-electron chi connectivity index (χ4n) is 1.47. The molecular weight excluding hydrogens is 244 g/mol. The molecule has 0 aromatic carbocycles. The second-order valence-electron chi connectivity index (χ2n) is 3.62. The highest BCUT2D eigenvalue weighted by Crippen LogP contribution is 2.22. The molecule has 0 nitrogen and oxygen atoms in total. The number of rotatable bonds is 5. The molecule has 0 saturated carbocycles. The Morgan fingerprint density at radius 2 is 2.31 bits per heavy atom. The normalized spacial score (nSPS) is 15.6. The molecule has 0 amide bonds. The zero-order chi connectivity index (χ0) is 9.68. The van der Waals surface area contributed by atoms with E-state index in [-0.39, 0.29) is 0 Å². The maximum atomic E-state index is 3.77. The highest BCUT2D eigenvalue weighted by Gasteiger charge is 2.13. The van der Waals surface area contributed by atoms with Gasteiger partial charge in [0.1, 0.15) is 0 Å². The van der Waals surface area contributed by atoms with Crippen LogP contribution >= 0.6 is 27.3 Å². The molecular formula is C11H17BrS. The molecule has 2 unspecified atom stereocenters. The number of hydrogen-bond donors (Lipinski definition) is 0. The zero-order valence-corrected chi connectivity index (χ0v) is 10.7. The van der Waals surface area contributed by atoms with Gasteiger partial charge in [-0.2, -0.15) is 11.3 Å². The van der Waals surface area contributed by atoms with Crippen LogP contribution in [0.4, 0.5) is 0 Å². The van der Waals surface area contributed by atoms with Crippen LogP contribution in [-0.2, 0) is 6.42 Å². The summed E-state index contributed by atoms with van der Waals surface area (Å²) in [4.78, 5) is 0.641. The van der Waals surface area contributed by atoms with Gasteiger partial charge in [0.15, 0.2) is 0 Å². The van der Waals surface area contributed by atoms with Gasteiger partial charge in [-0.3, -0.25) is 0 Å². The Hall–Kier alpha value is 0.180. The van der Waals surface area contributed by atoms with Crippen molar-refractivity contribution in [2.45, 2.75) is 37.9 Å². The Balaban J connectivity index is 2.36. The number of thiophene rings is 1. The lowest BCUT2D eigenvalue weighted by molar-refractivity contribution is 0.505. The molecule has 0 saturated heterocycles. The number of alkyl halides is 1. The van der Waals surface area contributed by atoms with Gasteiger partial charge in [0.05, 0.1) is 0 Å². The minimum Gasteiger partial charge on any atom is -0.152 e. The molecule has 0 spiro atoms. The third-order valence-corrected chi connectivity index (χ3v) is 4.33. The monoisotopic (exact) mass is 260 g/mol. The van der Waals surface area contributed by atoms with Crippen molar-refractivity contribution in [2.24, 2.45) is 5.92 Å². The van der Waals surface area contributed by atoms with Gasteiger partial charge >= 0.3 is 0 Å². The van der Waals surface area contributed by atoms with Gasteiger partial charge in [0.25, 0.3) is 0 Å². The van der Waals surface area contributed by atoms with Crippen LogP contribution in [0, 0.1) is 5.92 Å². The Labute approximate surface area is 93.5 Å². The third kappa shape index (κ3) is 3.82. The lowest BCUT2D eigenvalue weighted by atomic mass is 9.98. The van der Waals surface area contributed by atoms with E-state index in [9.17, 15) is 0 Å². The van der Waals surface area contributed by atoms with Crippen LogP contribution < -0.4 is 0 Å². The van der Waals surface area contributed by atoms with Gasteiger partial charge in [0.2, 0.25) is 0 Å². The van der Waals surface area contributed by atoms with Crippen LogP contribution in [-0.4, -0.2) is 4.83 Å². The second-order valence-corrected chi connectivity index (χ2v) is 5.57. The maximum absolute atomic E-state index is 3.77.